The number of alkyl halides is 5. The average molecular weight is 979 g/mol. The van der Waals surface area contributed by atoms with Crippen LogP contribution in [-0.4, -0.2) is 101 Å². The Morgan fingerprint density at radius 1 is 0.731 bits per heavy atom. The summed E-state index contributed by atoms with van der Waals surface area (Å²) >= 11 is 0. The number of fused-ring (bicyclic) bond motifs is 5. The zero-order valence-electron chi connectivity index (χ0n) is 39.3. The molecule has 19 heteroatoms. The molecule has 3 aliphatic carbocycles. The topological polar surface area (TPSA) is 167 Å². The first-order valence-corrected chi connectivity index (χ1v) is 25.1. The number of hydrogen-bond acceptors (Lipinski definition) is 13. The number of benzene rings is 1. The quantitative estimate of drug-likeness (QED) is 0.0468. The zero-order chi connectivity index (χ0) is 49.3. The Hall–Kier alpha value is -3.87. The van der Waals surface area contributed by atoms with Crippen LogP contribution in [0.2, 0.25) is 0 Å². The molecule has 1 aliphatic heterocycles. The fourth-order valence-corrected chi connectivity index (χ4v) is 12.3. The van der Waals surface area contributed by atoms with Crippen LogP contribution >= 0.6 is 0 Å². The molecule has 0 amide bonds. The van der Waals surface area contributed by atoms with E-state index in [0.717, 1.165) is 96.5 Å². The number of ether oxygens (including phenoxy) is 7. The van der Waals surface area contributed by atoms with E-state index in [1.165, 1.54) is 26.3 Å². The third-order valence-corrected chi connectivity index (χ3v) is 15.5. The molecular weight excluding hydrogens is 912 g/mol. The van der Waals surface area contributed by atoms with Gasteiger partial charge < -0.3 is 33.2 Å². The Labute approximate surface area is 392 Å². The van der Waals surface area contributed by atoms with E-state index >= 15 is 0 Å². The first-order valence-electron chi connectivity index (χ1n) is 23.6. The van der Waals surface area contributed by atoms with Gasteiger partial charge in [0.25, 0.3) is 0 Å². The summed E-state index contributed by atoms with van der Waals surface area (Å²) in [5.41, 5.74) is 2.16. The maximum absolute atomic E-state index is 13.2. The summed E-state index contributed by atoms with van der Waals surface area (Å²) < 4.78 is 116. The van der Waals surface area contributed by atoms with Crippen LogP contribution in [0.1, 0.15) is 148 Å². The third-order valence-electron chi connectivity index (χ3n) is 14.0. The van der Waals surface area contributed by atoms with E-state index in [0.29, 0.717) is 29.9 Å². The minimum absolute atomic E-state index is 0.146. The number of carbonyl (C=O) groups excluding carboxylic acids is 5. The number of halogens is 5. The molecule has 0 aromatic heterocycles. The standard InChI is InChI=1S/C48H67F5O13S/c1-28(54)60-27-39-42(62-30(3)56)43(63-31(4)57)44(64-32(5)58)45(66-39)65-35-16-17-36-34(26-35)25-33(41-37(36)20-22-46(6)38(41)18-19-40(46)61-29(2)55)15-12-10-8-7-9-11-13-23-67(59)24-14-21-47(49,50)48(51,52)53/h16-17,26,33,37-45H,7-15,18-25,27H2,1-6H3/t33-,37-,38+,39-,40+,41-,42-,43+,44-,45-,46+,67?/m1/s1. The zero-order valence-corrected chi connectivity index (χ0v) is 40.2. The van der Waals surface area contributed by atoms with Crippen LogP contribution in [0.3, 0.4) is 0 Å². The summed E-state index contributed by atoms with van der Waals surface area (Å²) in [6, 6.07) is 5.85. The summed E-state index contributed by atoms with van der Waals surface area (Å²) in [5, 5.41) is 0. The van der Waals surface area contributed by atoms with Crippen molar-refractivity contribution in [2.75, 3.05) is 18.1 Å². The van der Waals surface area contributed by atoms with Gasteiger partial charge in [-0.05, 0) is 98.3 Å². The summed E-state index contributed by atoms with van der Waals surface area (Å²) in [5.74, 6) is -6.20. The molecule has 0 spiro atoms. The molecule has 1 aromatic carbocycles. The predicted octanol–water partition coefficient (Wildman–Crippen LogP) is 9.01. The van der Waals surface area contributed by atoms with Gasteiger partial charge in [-0.3, -0.25) is 28.2 Å². The Balaban J connectivity index is 1.27. The Morgan fingerprint density at radius 2 is 1.33 bits per heavy atom. The monoisotopic (exact) mass is 978 g/mol. The smallest absolute Gasteiger partial charge is 0.453 e. The minimum Gasteiger partial charge on any atom is -0.463 e. The van der Waals surface area contributed by atoms with Gasteiger partial charge in [-0.25, -0.2) is 0 Å². The lowest BCUT2D eigenvalue weighted by atomic mass is 9.52. The van der Waals surface area contributed by atoms with Gasteiger partial charge in [0.05, 0.1) is 0 Å². The van der Waals surface area contributed by atoms with Gasteiger partial charge in [0.2, 0.25) is 12.4 Å². The van der Waals surface area contributed by atoms with Gasteiger partial charge in [0.1, 0.15) is 24.6 Å². The lowest BCUT2D eigenvalue weighted by Gasteiger charge is -2.53. The SMILES string of the molecule is CC(=O)OC[C@H]1O[C@@H](Oc2ccc3c(c2)C[C@@H](CCCCCCCCCS(=O)CCCC(F)(F)C(F)(F)F)[C@@H]2[C@@H]3CC[C@]3(C)[C@@H](OC(C)=O)CC[C@@H]23)[C@H](OC(C)=O)[C@@H](OC(C)=O)[C@@H]1OC(C)=O. The highest BCUT2D eigenvalue weighted by Gasteiger charge is 2.59. The van der Waals surface area contributed by atoms with E-state index in [-0.39, 0.29) is 41.5 Å². The fourth-order valence-electron chi connectivity index (χ4n) is 11.1. The van der Waals surface area contributed by atoms with Crippen LogP contribution < -0.4 is 4.74 Å². The second kappa shape index (κ2) is 23.6. The molecule has 1 unspecified atom stereocenters. The van der Waals surface area contributed by atoms with Crippen LogP contribution in [-0.2, 0) is 69.6 Å². The van der Waals surface area contributed by atoms with Crippen molar-refractivity contribution in [2.45, 2.75) is 193 Å². The Kier molecular flexibility index (Phi) is 19.1. The van der Waals surface area contributed by atoms with Crippen LogP contribution in [0.5, 0.6) is 5.75 Å². The van der Waals surface area contributed by atoms with Gasteiger partial charge in [-0.15, -0.1) is 0 Å². The van der Waals surface area contributed by atoms with Crippen molar-refractivity contribution in [3.63, 3.8) is 0 Å². The predicted molar refractivity (Wildman–Crippen MR) is 233 cm³/mol. The lowest BCUT2D eigenvalue weighted by molar-refractivity contribution is -0.288. The van der Waals surface area contributed by atoms with E-state index in [9.17, 15) is 50.1 Å². The van der Waals surface area contributed by atoms with Crippen molar-refractivity contribution in [2.24, 2.45) is 23.2 Å². The van der Waals surface area contributed by atoms with E-state index in [1.54, 1.807) is 0 Å². The molecule has 5 rings (SSSR count). The average Bonchev–Trinajstić information content (AvgIpc) is 3.55. The third kappa shape index (κ3) is 14.3. The van der Waals surface area contributed by atoms with E-state index in [2.05, 4.69) is 13.0 Å². The molecule has 1 saturated heterocycles. The molecule has 1 aromatic rings. The summed E-state index contributed by atoms with van der Waals surface area (Å²) in [7, 11) is -1.45. The van der Waals surface area contributed by atoms with Crippen LogP contribution in [0.15, 0.2) is 18.2 Å². The maximum Gasteiger partial charge on any atom is 0.453 e. The molecule has 12 atom stereocenters. The first kappa shape index (κ1) is 54.1. The van der Waals surface area contributed by atoms with Crippen molar-refractivity contribution in [3.05, 3.63) is 29.3 Å². The first-order chi connectivity index (χ1) is 31.5. The van der Waals surface area contributed by atoms with E-state index in [4.69, 9.17) is 33.2 Å². The Morgan fingerprint density at radius 3 is 1.96 bits per heavy atom. The van der Waals surface area contributed by atoms with Gasteiger partial charge >= 0.3 is 41.9 Å². The fraction of sp³-hybridized carbons (Fsp3) is 0.771. The molecule has 0 bridgehead atoms. The van der Waals surface area contributed by atoms with Crippen molar-refractivity contribution in [1.29, 1.82) is 0 Å². The molecule has 378 valence electrons. The molecular formula is C48H67F5O13S. The highest BCUT2D eigenvalue weighted by Crippen LogP contribution is 2.63. The highest BCUT2D eigenvalue weighted by molar-refractivity contribution is 7.84. The van der Waals surface area contributed by atoms with E-state index in [1.807, 2.05) is 12.1 Å². The molecule has 67 heavy (non-hydrogen) atoms. The largest absolute Gasteiger partial charge is 0.463 e. The van der Waals surface area contributed by atoms with Crippen LogP contribution in [0, 0.1) is 23.2 Å². The molecule has 13 nitrogen and oxygen atoms in total. The number of rotatable bonds is 22. The summed E-state index contributed by atoms with van der Waals surface area (Å²) in [6.45, 7) is 8.01. The highest BCUT2D eigenvalue weighted by atomic mass is 32.2. The van der Waals surface area contributed by atoms with Gasteiger partial charge in [0.15, 0.2) is 12.2 Å². The normalized spacial score (nSPS) is 29.6. The molecule has 3 fully saturated rings. The summed E-state index contributed by atoms with van der Waals surface area (Å²) in [4.78, 5) is 61.1. The number of carbonyl (C=O) groups is 5. The van der Waals surface area contributed by atoms with Crippen molar-refractivity contribution < 1.29 is 83.3 Å². The summed E-state index contributed by atoms with van der Waals surface area (Å²) in [6.07, 6.45) is -2.71. The minimum atomic E-state index is -5.60. The Bertz CT molecular complexity index is 1910. The molecule has 2 saturated carbocycles. The molecule has 0 radical (unpaired) electrons. The lowest BCUT2D eigenvalue weighted by Crippen LogP contribution is -2.63. The van der Waals surface area contributed by atoms with E-state index < -0.39 is 90.3 Å². The number of hydrogen-bond donors (Lipinski definition) is 0. The number of unbranched alkanes of at least 4 members (excludes halogenated alkanes) is 6. The second-order valence-electron chi connectivity index (χ2n) is 18.9. The maximum atomic E-state index is 13.2. The van der Waals surface area contributed by atoms with Gasteiger partial charge in [-0.1, -0.05) is 51.5 Å². The molecule has 0 N–H and O–H groups in total. The van der Waals surface area contributed by atoms with Crippen molar-refractivity contribution >= 4 is 40.6 Å². The number of esters is 5. The molecule has 4 aliphatic rings. The van der Waals surface area contributed by atoms with Crippen LogP contribution in [0.4, 0.5) is 22.0 Å². The van der Waals surface area contributed by atoms with Crippen molar-refractivity contribution in [1.82, 2.24) is 0 Å². The van der Waals surface area contributed by atoms with Crippen molar-refractivity contribution in [3.8, 4) is 5.75 Å². The second-order valence-corrected chi connectivity index (χ2v) is 20.6. The van der Waals surface area contributed by atoms with Crippen LogP contribution in [0.25, 0.3) is 0 Å². The molecule has 1 heterocycles. The van der Waals surface area contributed by atoms with Gasteiger partial charge in [0, 0.05) is 68.8 Å². The van der Waals surface area contributed by atoms with Gasteiger partial charge in [-0.2, -0.15) is 22.0 Å².